The molecule has 0 saturated carbocycles. The fourth-order valence-electron chi connectivity index (χ4n) is 1.77. The number of nitrogens with zero attached hydrogens (tertiary/aromatic N) is 4. The van der Waals surface area contributed by atoms with Gasteiger partial charge in [-0.05, 0) is 6.42 Å². The first-order valence-corrected chi connectivity index (χ1v) is 6.19. The molecular formula is C11H15F5N4. The van der Waals surface area contributed by atoms with Crippen molar-refractivity contribution < 1.29 is 22.0 Å². The van der Waals surface area contributed by atoms with Crippen LogP contribution in [0.1, 0.15) is 32.6 Å². The third-order valence-electron chi connectivity index (χ3n) is 2.89. The lowest BCUT2D eigenvalue weighted by molar-refractivity contribution is -0.330. The van der Waals surface area contributed by atoms with E-state index in [4.69, 9.17) is 5.26 Å². The summed E-state index contributed by atoms with van der Waals surface area (Å²) < 4.78 is 63.3. The van der Waals surface area contributed by atoms with E-state index in [0.717, 1.165) is 24.3 Å². The smallest absolute Gasteiger partial charge is 0.259 e. The molecule has 0 fully saturated rings. The topological polar surface area (TPSA) is 42.6 Å². The number of nitriles is 1. The molecule has 0 amide bonds. The molecule has 0 radical (unpaired) electrons. The number of alkyl halides is 5. The van der Waals surface area contributed by atoms with Crippen molar-refractivity contribution in [3.8, 4) is 6.07 Å². The SMILES string of the molecule is CCCCCCN1N=CN(C(F)(F)C(F)(F)F)C1C#N. The number of halogens is 5. The molecule has 4 nitrogen and oxygen atoms in total. The van der Waals surface area contributed by atoms with Crippen molar-refractivity contribution in [1.29, 1.82) is 5.26 Å². The van der Waals surface area contributed by atoms with E-state index in [0.29, 0.717) is 12.8 Å². The Balaban J connectivity index is 2.70. The lowest BCUT2D eigenvalue weighted by Gasteiger charge is -2.32. The summed E-state index contributed by atoms with van der Waals surface area (Å²) in [6, 6.07) is -3.69. The quantitative estimate of drug-likeness (QED) is 0.430. The Morgan fingerprint density at radius 2 is 1.85 bits per heavy atom. The van der Waals surface area contributed by atoms with E-state index >= 15 is 0 Å². The molecule has 0 aromatic rings. The summed E-state index contributed by atoms with van der Waals surface area (Å²) in [5, 5.41) is 13.3. The van der Waals surface area contributed by atoms with Gasteiger partial charge in [0.05, 0.1) is 0 Å². The third kappa shape index (κ3) is 3.29. The molecule has 0 bridgehead atoms. The van der Waals surface area contributed by atoms with Crippen molar-refractivity contribution >= 4 is 6.34 Å². The number of hydrogen-bond acceptors (Lipinski definition) is 4. The normalized spacial score (nSPS) is 19.6. The molecule has 0 saturated heterocycles. The molecule has 1 rings (SSSR count). The highest BCUT2D eigenvalue weighted by Crippen LogP contribution is 2.40. The van der Waals surface area contributed by atoms with Crippen LogP contribution in [0.4, 0.5) is 22.0 Å². The van der Waals surface area contributed by atoms with Crippen molar-refractivity contribution in [2.45, 2.75) is 51.0 Å². The van der Waals surface area contributed by atoms with Gasteiger partial charge in [-0.1, -0.05) is 26.2 Å². The molecule has 1 unspecified atom stereocenters. The summed E-state index contributed by atoms with van der Waals surface area (Å²) in [6.07, 6.45) is -3.85. The van der Waals surface area contributed by atoms with E-state index in [-0.39, 0.29) is 11.4 Å². The van der Waals surface area contributed by atoms with Crippen LogP contribution in [0.25, 0.3) is 0 Å². The van der Waals surface area contributed by atoms with Crippen molar-refractivity contribution in [2.24, 2.45) is 5.10 Å². The zero-order chi connectivity index (χ0) is 15.4. The van der Waals surface area contributed by atoms with Crippen LogP contribution < -0.4 is 0 Å². The minimum Gasteiger partial charge on any atom is -0.259 e. The van der Waals surface area contributed by atoms with Gasteiger partial charge in [0.2, 0.25) is 6.17 Å². The summed E-state index contributed by atoms with van der Waals surface area (Å²) in [5.41, 5.74) is 0. The number of unbranched alkanes of at least 4 members (excludes halogenated alkanes) is 3. The largest absolute Gasteiger partial charge is 0.475 e. The first kappa shape index (κ1) is 16.5. The lowest BCUT2D eigenvalue weighted by atomic mass is 10.2. The molecule has 0 aliphatic carbocycles. The Kier molecular flexibility index (Phi) is 5.14. The average Bonchev–Trinajstić information content (AvgIpc) is 2.76. The summed E-state index contributed by atoms with van der Waals surface area (Å²) in [5.74, 6) is 0. The fourth-order valence-corrected chi connectivity index (χ4v) is 1.77. The number of hydrazone groups is 1. The Hall–Kier alpha value is -1.59. The van der Waals surface area contributed by atoms with Crippen LogP contribution in [0.15, 0.2) is 5.10 Å². The van der Waals surface area contributed by atoms with Gasteiger partial charge in [0, 0.05) is 6.54 Å². The Morgan fingerprint density at radius 1 is 1.20 bits per heavy atom. The second-order valence-electron chi connectivity index (χ2n) is 4.40. The highest BCUT2D eigenvalue weighted by atomic mass is 19.4. The molecule has 20 heavy (non-hydrogen) atoms. The van der Waals surface area contributed by atoms with Crippen molar-refractivity contribution in [1.82, 2.24) is 9.91 Å². The molecule has 0 N–H and O–H groups in total. The molecule has 0 aromatic heterocycles. The van der Waals surface area contributed by atoms with Crippen LogP contribution in [0.2, 0.25) is 0 Å². The Morgan fingerprint density at radius 3 is 2.35 bits per heavy atom. The molecular weight excluding hydrogens is 283 g/mol. The predicted molar refractivity (Wildman–Crippen MR) is 61.6 cm³/mol. The molecule has 1 atom stereocenters. The highest BCUT2D eigenvalue weighted by Gasteiger charge is 2.64. The molecule has 0 aromatic carbocycles. The molecule has 9 heteroatoms. The minimum absolute atomic E-state index is 0.166. The molecule has 114 valence electrons. The van der Waals surface area contributed by atoms with Crippen LogP contribution in [0.5, 0.6) is 0 Å². The van der Waals surface area contributed by atoms with Crippen LogP contribution in [0, 0.1) is 11.3 Å². The van der Waals surface area contributed by atoms with E-state index in [9.17, 15) is 22.0 Å². The van der Waals surface area contributed by atoms with Crippen LogP contribution in [0.3, 0.4) is 0 Å². The summed E-state index contributed by atoms with van der Waals surface area (Å²) in [4.78, 5) is -0.354. The van der Waals surface area contributed by atoms with Crippen molar-refractivity contribution in [3.63, 3.8) is 0 Å². The van der Waals surface area contributed by atoms with Gasteiger partial charge in [-0.15, -0.1) is 0 Å². The summed E-state index contributed by atoms with van der Waals surface area (Å²) in [6.45, 7) is 2.15. The number of hydrogen-bond donors (Lipinski definition) is 0. The van der Waals surface area contributed by atoms with Gasteiger partial charge < -0.3 is 0 Å². The summed E-state index contributed by atoms with van der Waals surface area (Å²) >= 11 is 0. The van der Waals surface area contributed by atoms with Gasteiger partial charge in [0.1, 0.15) is 12.4 Å². The van der Waals surface area contributed by atoms with E-state index in [2.05, 4.69) is 5.10 Å². The van der Waals surface area contributed by atoms with Crippen LogP contribution in [-0.4, -0.2) is 41.2 Å². The molecule has 1 heterocycles. The zero-order valence-corrected chi connectivity index (χ0v) is 10.9. The molecule has 1 aliphatic heterocycles. The van der Waals surface area contributed by atoms with Gasteiger partial charge in [-0.2, -0.15) is 32.3 Å². The van der Waals surface area contributed by atoms with E-state index in [1.807, 2.05) is 6.92 Å². The molecule has 0 spiro atoms. The average molecular weight is 298 g/mol. The fraction of sp³-hybridized carbons (Fsp3) is 0.818. The zero-order valence-electron chi connectivity index (χ0n) is 10.9. The second-order valence-corrected chi connectivity index (χ2v) is 4.40. The van der Waals surface area contributed by atoms with Gasteiger partial charge in [-0.3, -0.25) is 9.91 Å². The first-order valence-electron chi connectivity index (χ1n) is 6.19. The first-order chi connectivity index (χ1) is 9.25. The van der Waals surface area contributed by atoms with E-state index in [1.165, 1.54) is 6.07 Å². The maximum Gasteiger partial charge on any atom is 0.475 e. The van der Waals surface area contributed by atoms with Crippen LogP contribution in [-0.2, 0) is 0 Å². The lowest BCUT2D eigenvalue weighted by Crippen LogP contribution is -2.56. The highest BCUT2D eigenvalue weighted by molar-refractivity contribution is 5.59. The van der Waals surface area contributed by atoms with Gasteiger partial charge in [-0.25, -0.2) is 0 Å². The third-order valence-corrected chi connectivity index (χ3v) is 2.89. The van der Waals surface area contributed by atoms with Crippen molar-refractivity contribution in [2.75, 3.05) is 6.54 Å². The van der Waals surface area contributed by atoms with Gasteiger partial charge in [0.25, 0.3) is 0 Å². The molecule has 1 aliphatic rings. The van der Waals surface area contributed by atoms with E-state index in [1.54, 1.807) is 0 Å². The van der Waals surface area contributed by atoms with E-state index < -0.39 is 18.4 Å². The maximum atomic E-state index is 13.2. The minimum atomic E-state index is -5.76. The standard InChI is InChI=1S/C11H15F5N4/c1-2-3-4-5-6-20-9(7-17)19(8-18-20)11(15,16)10(12,13)14/h8-9H,2-6H2,1H3. The Bertz CT molecular complexity index is 387. The van der Waals surface area contributed by atoms with Gasteiger partial charge >= 0.3 is 12.2 Å². The van der Waals surface area contributed by atoms with Crippen molar-refractivity contribution in [3.05, 3.63) is 0 Å². The Labute approximate surface area is 113 Å². The predicted octanol–water partition coefficient (Wildman–Crippen LogP) is 3.13. The van der Waals surface area contributed by atoms with Crippen LogP contribution >= 0.6 is 0 Å². The monoisotopic (exact) mass is 298 g/mol. The second kappa shape index (κ2) is 6.24. The summed E-state index contributed by atoms with van der Waals surface area (Å²) in [7, 11) is 0. The maximum absolute atomic E-state index is 13.2. The number of rotatable bonds is 6. The van der Waals surface area contributed by atoms with Gasteiger partial charge in [0.15, 0.2) is 0 Å².